The second-order valence-corrected chi connectivity index (χ2v) is 3.57. The van der Waals surface area contributed by atoms with Gasteiger partial charge in [-0.1, -0.05) is 29.8 Å². The van der Waals surface area contributed by atoms with Crippen LogP contribution >= 0.6 is 11.6 Å². The van der Waals surface area contributed by atoms with Crippen molar-refractivity contribution in [2.75, 3.05) is 7.11 Å². The van der Waals surface area contributed by atoms with E-state index in [0.717, 1.165) is 5.01 Å². The summed E-state index contributed by atoms with van der Waals surface area (Å²) in [6, 6.07) is 7.13. The summed E-state index contributed by atoms with van der Waals surface area (Å²) >= 11 is 6.01. The fourth-order valence-electron chi connectivity index (χ4n) is 1.52. The molecular formula is C10H9ClN2O3. The summed E-state index contributed by atoms with van der Waals surface area (Å²) in [6.07, 6.45) is -1.22. The highest BCUT2D eigenvalue weighted by atomic mass is 35.5. The Morgan fingerprint density at radius 2 is 2.25 bits per heavy atom. The van der Waals surface area contributed by atoms with Gasteiger partial charge in [-0.15, -0.1) is 5.10 Å². The number of fused-ring (bicyclic) bond motifs is 1. The van der Waals surface area contributed by atoms with E-state index in [2.05, 4.69) is 5.10 Å². The number of hydrazone groups is 1. The Morgan fingerprint density at radius 3 is 2.88 bits per heavy atom. The lowest BCUT2D eigenvalue weighted by Gasteiger charge is -2.27. The molecule has 6 heteroatoms. The third-order valence-corrected chi connectivity index (χ3v) is 2.67. The van der Waals surface area contributed by atoms with Crippen LogP contribution in [0, 0.1) is 0 Å². The predicted molar refractivity (Wildman–Crippen MR) is 58.4 cm³/mol. The molecule has 0 radical (unpaired) electrons. The summed E-state index contributed by atoms with van der Waals surface area (Å²) in [5.74, 6) is 0.245. The number of ether oxygens (including phenoxy) is 1. The van der Waals surface area contributed by atoms with Crippen molar-refractivity contribution in [1.82, 2.24) is 5.01 Å². The van der Waals surface area contributed by atoms with Crippen LogP contribution in [0.25, 0.3) is 0 Å². The van der Waals surface area contributed by atoms with Crippen molar-refractivity contribution in [2.45, 2.75) is 5.50 Å². The van der Waals surface area contributed by atoms with E-state index in [1.807, 2.05) is 6.07 Å². The molecule has 1 unspecified atom stereocenters. The number of rotatable bonds is 0. The van der Waals surface area contributed by atoms with Crippen molar-refractivity contribution in [3.8, 4) is 0 Å². The smallest absolute Gasteiger partial charge is 0.429 e. The molecule has 0 fully saturated rings. The zero-order chi connectivity index (χ0) is 11.7. The maximum Gasteiger partial charge on any atom is 0.429 e. The molecule has 84 valence electrons. The van der Waals surface area contributed by atoms with Gasteiger partial charge in [0.1, 0.15) is 0 Å². The molecular weight excluding hydrogens is 232 g/mol. The van der Waals surface area contributed by atoms with E-state index >= 15 is 0 Å². The van der Waals surface area contributed by atoms with E-state index in [4.69, 9.17) is 21.4 Å². The molecule has 1 aliphatic rings. The number of nitrogens with zero attached hydrogens (tertiary/aromatic N) is 2. The highest BCUT2D eigenvalue weighted by molar-refractivity contribution is 6.22. The largest absolute Gasteiger partial charge is 0.480 e. The van der Waals surface area contributed by atoms with Crippen LogP contribution in [0.15, 0.2) is 29.4 Å². The number of hydrogen-bond acceptors (Lipinski definition) is 3. The Hall–Kier alpha value is -1.75. The first-order chi connectivity index (χ1) is 7.65. The third kappa shape index (κ3) is 1.59. The molecule has 0 saturated carbocycles. The van der Waals surface area contributed by atoms with Crippen LogP contribution in [-0.4, -0.2) is 29.2 Å². The van der Waals surface area contributed by atoms with Crippen LogP contribution in [0.1, 0.15) is 16.6 Å². The molecule has 1 heterocycles. The van der Waals surface area contributed by atoms with Crippen molar-refractivity contribution >= 4 is 23.6 Å². The fraction of sp³-hybridized carbons (Fsp3) is 0.200. The Kier molecular flexibility index (Phi) is 2.70. The van der Waals surface area contributed by atoms with Gasteiger partial charge in [0.25, 0.3) is 0 Å². The first kappa shape index (κ1) is 10.8. The van der Waals surface area contributed by atoms with Crippen LogP contribution < -0.4 is 0 Å². The minimum absolute atomic E-state index is 0.245. The van der Waals surface area contributed by atoms with Gasteiger partial charge in [0, 0.05) is 11.1 Å². The second kappa shape index (κ2) is 4.02. The zero-order valence-corrected chi connectivity index (χ0v) is 9.18. The molecule has 0 aliphatic carbocycles. The average Bonchev–Trinajstić information content (AvgIpc) is 2.29. The van der Waals surface area contributed by atoms with Gasteiger partial charge in [0.05, 0.1) is 7.11 Å². The highest BCUT2D eigenvalue weighted by Gasteiger charge is 2.31. The van der Waals surface area contributed by atoms with Crippen molar-refractivity contribution < 1.29 is 14.6 Å². The molecule has 2 rings (SSSR count). The topological polar surface area (TPSA) is 62.1 Å². The standard InChI is InChI=1S/C10H9ClN2O3/c1-16-9-7-5-3-2-4-6(7)8(11)13(12-9)10(14)15/h2-5,8H,1H3,(H,14,15). The molecule has 1 aromatic carbocycles. The quantitative estimate of drug-likeness (QED) is 0.559. The molecule has 0 bridgehead atoms. The van der Waals surface area contributed by atoms with Crippen LogP contribution in [0.5, 0.6) is 0 Å². The highest BCUT2D eigenvalue weighted by Crippen LogP contribution is 2.32. The van der Waals surface area contributed by atoms with Gasteiger partial charge < -0.3 is 9.84 Å². The Balaban J connectivity index is 2.54. The van der Waals surface area contributed by atoms with E-state index in [9.17, 15) is 4.79 Å². The van der Waals surface area contributed by atoms with Gasteiger partial charge in [-0.25, -0.2) is 4.79 Å². The van der Waals surface area contributed by atoms with E-state index < -0.39 is 11.6 Å². The Bertz CT molecular complexity index is 461. The maximum atomic E-state index is 10.9. The van der Waals surface area contributed by atoms with Gasteiger partial charge in [0.15, 0.2) is 5.50 Å². The lowest BCUT2D eigenvalue weighted by atomic mass is 10.1. The number of alkyl halides is 1. The summed E-state index contributed by atoms with van der Waals surface area (Å²) < 4.78 is 5.03. The molecule has 1 N–H and O–H groups in total. The maximum absolute atomic E-state index is 10.9. The van der Waals surface area contributed by atoms with E-state index in [1.54, 1.807) is 18.2 Å². The number of carbonyl (C=O) groups is 1. The molecule has 0 saturated heterocycles. The van der Waals surface area contributed by atoms with Crippen molar-refractivity contribution in [2.24, 2.45) is 5.10 Å². The van der Waals surface area contributed by atoms with Crippen LogP contribution in [0.3, 0.4) is 0 Å². The summed E-state index contributed by atoms with van der Waals surface area (Å²) in [5.41, 5.74) is 0.550. The van der Waals surface area contributed by atoms with Gasteiger partial charge in [0.2, 0.25) is 5.90 Å². The van der Waals surface area contributed by atoms with Gasteiger partial charge in [-0.3, -0.25) is 0 Å². The molecule has 1 aliphatic heterocycles. The van der Waals surface area contributed by atoms with Crippen LogP contribution in [0.4, 0.5) is 4.79 Å². The third-order valence-electron chi connectivity index (χ3n) is 2.25. The monoisotopic (exact) mass is 240 g/mol. The normalized spacial score (nSPS) is 18.8. The molecule has 5 nitrogen and oxygen atoms in total. The SMILES string of the molecule is COC1=NN(C(=O)O)C(Cl)c2ccccc21. The van der Waals surface area contributed by atoms with Gasteiger partial charge in [-0.2, -0.15) is 5.01 Å². The van der Waals surface area contributed by atoms with Crippen molar-refractivity contribution in [3.63, 3.8) is 0 Å². The number of amides is 1. The Morgan fingerprint density at radius 1 is 1.56 bits per heavy atom. The molecule has 1 atom stereocenters. The predicted octanol–water partition coefficient (Wildman–Crippen LogP) is 2.23. The average molecular weight is 241 g/mol. The second-order valence-electron chi connectivity index (χ2n) is 3.16. The van der Waals surface area contributed by atoms with Crippen molar-refractivity contribution in [1.29, 1.82) is 0 Å². The number of hydrogen-bond donors (Lipinski definition) is 1. The zero-order valence-electron chi connectivity index (χ0n) is 8.42. The minimum Gasteiger partial charge on any atom is -0.480 e. The first-order valence-corrected chi connectivity index (χ1v) is 4.97. The summed E-state index contributed by atoms with van der Waals surface area (Å²) in [6.45, 7) is 0. The van der Waals surface area contributed by atoms with Gasteiger partial charge >= 0.3 is 6.09 Å². The van der Waals surface area contributed by atoms with E-state index in [0.29, 0.717) is 11.1 Å². The summed E-state index contributed by atoms with van der Waals surface area (Å²) in [7, 11) is 1.43. The minimum atomic E-state index is -1.22. The van der Waals surface area contributed by atoms with E-state index in [1.165, 1.54) is 7.11 Å². The number of methoxy groups -OCH3 is 1. The number of carboxylic acid groups (broad SMARTS) is 1. The molecule has 0 aromatic heterocycles. The van der Waals surface area contributed by atoms with E-state index in [-0.39, 0.29) is 5.90 Å². The van der Waals surface area contributed by atoms with Gasteiger partial charge in [-0.05, 0) is 6.07 Å². The first-order valence-electron chi connectivity index (χ1n) is 4.53. The molecule has 0 spiro atoms. The van der Waals surface area contributed by atoms with Crippen LogP contribution in [-0.2, 0) is 4.74 Å². The Labute approximate surface area is 96.9 Å². The number of benzene rings is 1. The number of halogens is 1. The molecule has 1 aromatic rings. The van der Waals surface area contributed by atoms with Crippen LogP contribution in [0.2, 0.25) is 0 Å². The summed E-state index contributed by atoms with van der Waals surface area (Å²) in [4.78, 5) is 10.9. The molecule has 1 amide bonds. The lowest BCUT2D eigenvalue weighted by Crippen LogP contribution is -2.32. The van der Waals surface area contributed by atoms with Crippen molar-refractivity contribution in [3.05, 3.63) is 35.4 Å². The molecule has 16 heavy (non-hydrogen) atoms. The fourth-order valence-corrected chi connectivity index (χ4v) is 1.84. The summed E-state index contributed by atoms with van der Waals surface area (Å²) in [5, 5.41) is 13.5. The lowest BCUT2D eigenvalue weighted by molar-refractivity contribution is 0.138.